The number of benzene rings is 5. The zero-order valence-corrected chi connectivity index (χ0v) is 44.2. The monoisotopic (exact) mass is 1040 g/mol. The number of ketones is 2. The first-order valence-electron chi connectivity index (χ1n) is 18.0. The van der Waals surface area contributed by atoms with Crippen molar-refractivity contribution in [1.29, 1.82) is 0 Å². The quantitative estimate of drug-likeness (QED) is 0.0251. The minimum atomic E-state index is -5.61. The van der Waals surface area contributed by atoms with Gasteiger partial charge in [-0.25, -0.2) is 16.8 Å². The number of nitrogens with one attached hydrogen (secondary N) is 2. The molecule has 0 amide bonds. The van der Waals surface area contributed by atoms with E-state index in [0.717, 1.165) is 66.7 Å². The number of allylic oxidation sites excluding steroid dienone is 3. The second-order valence-corrected chi connectivity index (χ2v) is 17.6. The standard InChI is InChI=1S/C38H24N10O16S3.3Na/c49-36-29(43-39-20-5-9-22(10-6-20)47(52)53)18-30(44-41-27-13-14-31(66(59,60)61)26-4-2-1-3-25(26)27)37(50)35(36)46-42-28-17-24(65(56,57)58)15-19-16-32(67(62,63)64)34(38(51)33(19)28)45-40-21-7-11-23(12-8-21)48(54)55;;;/h1-18,40-41,49H,(H,56,57,58)(H,59,60,61)(H,62,63,64);;;/q;3*+1/p-3. The van der Waals surface area contributed by atoms with Gasteiger partial charge < -0.3 is 14.2 Å². The fourth-order valence-electron chi connectivity index (χ4n) is 6.14. The van der Waals surface area contributed by atoms with Crippen molar-refractivity contribution in [2.45, 2.75) is 9.79 Å². The summed E-state index contributed by atoms with van der Waals surface area (Å²) in [7, 11) is -15.8. The van der Waals surface area contributed by atoms with E-state index in [4.69, 9.17) is 0 Å². The van der Waals surface area contributed by atoms with Crippen molar-refractivity contribution < 1.29 is 152 Å². The van der Waals surface area contributed by atoms with E-state index in [1.165, 1.54) is 24.3 Å². The van der Waals surface area contributed by atoms with Gasteiger partial charge in [-0.3, -0.25) is 45.2 Å². The van der Waals surface area contributed by atoms with Crippen LogP contribution in [0.2, 0.25) is 0 Å². The average Bonchev–Trinajstić information content (AvgIpc) is 3.26. The van der Waals surface area contributed by atoms with Gasteiger partial charge in [-0.2, -0.15) is 28.8 Å². The summed E-state index contributed by atoms with van der Waals surface area (Å²) in [5.41, 5.74) is -1.75. The van der Waals surface area contributed by atoms with Gasteiger partial charge in [0.1, 0.15) is 37.4 Å². The van der Waals surface area contributed by atoms with Crippen LogP contribution in [0.3, 0.4) is 0 Å². The Kier molecular flexibility index (Phi) is 18.4. The molecule has 0 spiro atoms. The van der Waals surface area contributed by atoms with Crippen LogP contribution in [0, 0.1) is 20.2 Å². The van der Waals surface area contributed by atoms with Crippen molar-refractivity contribution in [1.82, 2.24) is 0 Å². The molecular weight excluding hydrogens is 1020 g/mol. The summed E-state index contributed by atoms with van der Waals surface area (Å²) in [4.78, 5) is 45.9. The van der Waals surface area contributed by atoms with Crippen LogP contribution in [0.1, 0.15) is 15.9 Å². The molecule has 2 aliphatic carbocycles. The largest absolute Gasteiger partial charge is 1.00 e. The number of hydrogen-bond acceptors (Lipinski definition) is 23. The molecule has 32 heteroatoms. The first kappa shape index (κ1) is 57.0. The number of fused-ring (bicyclic) bond motifs is 2. The average molecular weight is 1040 g/mol. The van der Waals surface area contributed by atoms with Gasteiger partial charge in [-0.15, -0.1) is 10.2 Å². The van der Waals surface area contributed by atoms with E-state index in [1.54, 1.807) is 0 Å². The number of hydrogen-bond donors (Lipinski definition) is 3. The van der Waals surface area contributed by atoms with Crippen molar-refractivity contribution in [3.63, 3.8) is 0 Å². The fourth-order valence-corrected chi connectivity index (χ4v) is 8.01. The first-order valence-corrected chi connectivity index (χ1v) is 22.3. The number of carbonyl (C=O) groups excluding carboxylic acids is 2. The van der Waals surface area contributed by atoms with E-state index in [1.807, 2.05) is 0 Å². The molecule has 0 heterocycles. The molecule has 0 unspecified atom stereocenters. The van der Waals surface area contributed by atoms with Crippen molar-refractivity contribution in [3.8, 4) is 0 Å². The smallest absolute Gasteiger partial charge is 0.869 e. The number of rotatable bonds is 13. The molecule has 0 bridgehead atoms. The second kappa shape index (κ2) is 22.6. The van der Waals surface area contributed by atoms with Crippen LogP contribution in [0.4, 0.5) is 34.1 Å². The molecule has 0 fully saturated rings. The Balaban J connectivity index is 0.00000355. The molecule has 5 aromatic rings. The van der Waals surface area contributed by atoms with Gasteiger partial charge in [0.2, 0.25) is 11.6 Å². The molecule has 7 rings (SSSR count). The zero-order chi connectivity index (χ0) is 48.6. The molecule has 0 radical (unpaired) electrons. The molecule has 0 atom stereocenters. The number of Topliss-reactive ketones (excluding diaryl/α,β-unsaturated/α-hetero) is 2. The van der Waals surface area contributed by atoms with Crippen LogP contribution in [0.15, 0.2) is 166 Å². The molecular formula is C38H21N10Na3O16S3. The van der Waals surface area contributed by atoms with Gasteiger partial charge in [0.25, 0.3) is 21.5 Å². The molecule has 26 nitrogen and oxygen atoms in total. The predicted octanol–water partition coefficient (Wildman–Crippen LogP) is -4.26. The molecule has 340 valence electrons. The van der Waals surface area contributed by atoms with Crippen molar-refractivity contribution in [2.75, 3.05) is 10.9 Å². The molecule has 2 aliphatic rings. The minimum absolute atomic E-state index is 0. The summed E-state index contributed by atoms with van der Waals surface area (Å²) in [5, 5.41) is 59.1. The summed E-state index contributed by atoms with van der Waals surface area (Å²) < 4.78 is 108. The van der Waals surface area contributed by atoms with Crippen LogP contribution in [-0.2, 0) is 35.1 Å². The van der Waals surface area contributed by atoms with Gasteiger partial charge >= 0.3 is 88.7 Å². The molecule has 0 aliphatic heterocycles. The van der Waals surface area contributed by atoms with E-state index in [2.05, 4.69) is 41.5 Å². The van der Waals surface area contributed by atoms with Gasteiger partial charge in [-0.05, 0) is 72.0 Å². The number of azo groups is 2. The number of anilines is 2. The number of nitrogens with zero attached hydrogens (tertiary/aromatic N) is 8. The third-order valence-corrected chi connectivity index (χ3v) is 11.8. The number of hydrazone groups is 2. The Bertz CT molecular complexity index is 3600. The number of nitro benzene ring substituents is 2. The second-order valence-electron chi connectivity index (χ2n) is 13.5. The van der Waals surface area contributed by atoms with Gasteiger partial charge in [0.15, 0.2) is 0 Å². The maximum Gasteiger partial charge on any atom is 1.00 e. The number of carbonyl (C=O) groups is 2. The Morgan fingerprint density at radius 2 is 1.23 bits per heavy atom. The maximum atomic E-state index is 14.1. The normalized spacial score (nSPS) is 15.2. The van der Waals surface area contributed by atoms with Crippen molar-refractivity contribution >= 4 is 104 Å². The van der Waals surface area contributed by atoms with Gasteiger partial charge in [0.05, 0.1) is 58.6 Å². The fraction of sp³-hybridized carbons (Fsp3) is 0. The van der Waals surface area contributed by atoms with Crippen LogP contribution < -0.4 is 105 Å². The summed E-state index contributed by atoms with van der Waals surface area (Å²) in [6.45, 7) is 0. The number of nitro groups is 2. The maximum absolute atomic E-state index is 14.1. The van der Waals surface area contributed by atoms with Gasteiger partial charge in [-0.1, -0.05) is 24.3 Å². The van der Waals surface area contributed by atoms with Crippen LogP contribution in [0.25, 0.3) is 16.8 Å². The Labute approximate surface area is 459 Å². The van der Waals surface area contributed by atoms with Crippen molar-refractivity contribution in [3.05, 3.63) is 157 Å². The van der Waals surface area contributed by atoms with E-state index in [9.17, 15) is 73.8 Å². The Hall–Kier alpha value is -5.61. The summed E-state index contributed by atoms with van der Waals surface area (Å²) >= 11 is 0. The third-order valence-electron chi connectivity index (χ3n) is 9.24. The topological polar surface area (TPSA) is 410 Å². The van der Waals surface area contributed by atoms with E-state index in [-0.39, 0.29) is 128 Å². The summed E-state index contributed by atoms with van der Waals surface area (Å²) in [6, 6.07) is 17.7. The molecule has 3 N–H and O–H groups in total. The Morgan fingerprint density at radius 3 is 1.80 bits per heavy atom. The van der Waals surface area contributed by atoms with Crippen LogP contribution in [-0.4, -0.2) is 71.7 Å². The van der Waals surface area contributed by atoms with E-state index < -0.39 is 112 Å². The zero-order valence-electron chi connectivity index (χ0n) is 35.8. The SMILES string of the molecule is O=C1C(=NNc2ccc(S(=O)(=O)[O-])c3ccccc23)C=C(N=Nc2ccc([N+](=O)[O-])cc2)C([O-])=C1N=Nc1cc(S(=O)(=O)O)cc2c1C(=O)C(=NNc1ccc([N+](=O)[O-])cc1)C(S(=O)(=O)[O-])=C2.[Na+].[Na+].[Na+]. The molecule has 0 saturated heterocycles. The third kappa shape index (κ3) is 12.6. The summed E-state index contributed by atoms with van der Waals surface area (Å²) in [6.07, 6.45) is 1.34. The summed E-state index contributed by atoms with van der Waals surface area (Å²) in [5.74, 6) is -4.08. The van der Waals surface area contributed by atoms with Crippen molar-refractivity contribution in [2.24, 2.45) is 30.7 Å². The molecule has 0 aromatic heterocycles. The van der Waals surface area contributed by atoms with Crippen LogP contribution in [0.5, 0.6) is 0 Å². The van der Waals surface area contributed by atoms with Crippen LogP contribution >= 0.6 is 0 Å². The molecule has 70 heavy (non-hydrogen) atoms. The molecule has 5 aromatic carbocycles. The number of non-ortho nitro benzene ring substituents is 2. The Morgan fingerprint density at radius 1 is 0.629 bits per heavy atom. The predicted molar refractivity (Wildman–Crippen MR) is 228 cm³/mol. The van der Waals surface area contributed by atoms with E-state index in [0.29, 0.717) is 18.2 Å². The van der Waals surface area contributed by atoms with E-state index >= 15 is 0 Å². The first-order chi connectivity index (χ1) is 31.5. The van der Waals surface area contributed by atoms with Gasteiger partial charge in [0, 0.05) is 35.0 Å². The minimum Gasteiger partial charge on any atom is -0.869 e. The molecule has 0 saturated carbocycles.